The van der Waals surface area contributed by atoms with Crippen LogP contribution in [0.4, 0.5) is 5.69 Å². The van der Waals surface area contributed by atoms with Crippen LogP contribution < -0.4 is 0 Å². The number of nitro groups is 1. The van der Waals surface area contributed by atoms with E-state index in [1.807, 2.05) is 17.5 Å². The highest BCUT2D eigenvalue weighted by Crippen LogP contribution is 2.42. The second-order valence-corrected chi connectivity index (χ2v) is 6.70. The van der Waals surface area contributed by atoms with Crippen molar-refractivity contribution < 1.29 is 9.72 Å². The smallest absolute Gasteiger partial charge is 0.294 e. The monoisotopic (exact) mass is 285 g/mol. The summed E-state index contributed by atoms with van der Waals surface area (Å²) in [5.74, 6) is -0.142. The van der Waals surface area contributed by atoms with E-state index in [4.69, 9.17) is 0 Å². The summed E-state index contributed by atoms with van der Waals surface area (Å²) in [7, 11) is 0. The molecule has 0 aliphatic carbocycles. The first kappa shape index (κ1) is 12.3. The van der Waals surface area contributed by atoms with E-state index in [0.717, 1.165) is 4.21 Å². The highest BCUT2D eigenvalue weighted by molar-refractivity contribution is 8.03. The molecule has 17 heavy (non-hydrogen) atoms. The van der Waals surface area contributed by atoms with E-state index in [2.05, 4.69) is 0 Å². The van der Waals surface area contributed by atoms with E-state index < -0.39 is 4.92 Å². The molecule has 4 nitrogen and oxygen atoms in total. The molecule has 2 heterocycles. The van der Waals surface area contributed by atoms with Crippen molar-refractivity contribution >= 4 is 45.9 Å². The predicted molar refractivity (Wildman–Crippen MR) is 69.4 cm³/mol. The van der Waals surface area contributed by atoms with E-state index in [1.165, 1.54) is 47.4 Å². The lowest BCUT2D eigenvalue weighted by Crippen LogP contribution is -1.87. The number of Topliss-reactive ketones (excluding diaryl/α,β-unsaturated/α-hetero) is 1. The fourth-order valence-corrected chi connectivity index (χ4v) is 4.39. The van der Waals surface area contributed by atoms with Gasteiger partial charge in [-0.3, -0.25) is 14.9 Å². The Labute approximate surface area is 109 Å². The lowest BCUT2D eigenvalue weighted by molar-refractivity contribution is -0.387. The van der Waals surface area contributed by atoms with Gasteiger partial charge in [0.2, 0.25) is 0 Å². The van der Waals surface area contributed by atoms with E-state index >= 15 is 0 Å². The Morgan fingerprint density at radius 1 is 1.53 bits per heavy atom. The maximum Gasteiger partial charge on any atom is 0.294 e. The molecule has 0 aliphatic heterocycles. The molecule has 2 aromatic heterocycles. The largest absolute Gasteiger partial charge is 0.294 e. The summed E-state index contributed by atoms with van der Waals surface area (Å²) >= 11 is 4.02. The van der Waals surface area contributed by atoms with Crippen LogP contribution in [0.1, 0.15) is 16.6 Å². The summed E-state index contributed by atoms with van der Waals surface area (Å²) in [6, 6.07) is 5.13. The zero-order valence-corrected chi connectivity index (χ0v) is 11.2. The van der Waals surface area contributed by atoms with Gasteiger partial charge in [-0.1, -0.05) is 17.8 Å². The van der Waals surface area contributed by atoms with Crippen molar-refractivity contribution in [3.63, 3.8) is 0 Å². The lowest BCUT2D eigenvalue weighted by Gasteiger charge is -1.93. The number of rotatable bonds is 4. The van der Waals surface area contributed by atoms with Gasteiger partial charge in [0.1, 0.15) is 4.21 Å². The molecule has 0 radical (unpaired) electrons. The van der Waals surface area contributed by atoms with Crippen molar-refractivity contribution in [3.05, 3.63) is 38.6 Å². The maximum absolute atomic E-state index is 11.2. The van der Waals surface area contributed by atoms with Gasteiger partial charge in [-0.15, -0.1) is 22.7 Å². The van der Waals surface area contributed by atoms with Gasteiger partial charge in [0.05, 0.1) is 14.0 Å². The molecule has 0 amide bonds. The van der Waals surface area contributed by atoms with Crippen LogP contribution in [-0.2, 0) is 0 Å². The number of hydrogen-bond acceptors (Lipinski definition) is 6. The summed E-state index contributed by atoms with van der Waals surface area (Å²) in [6.45, 7) is 1.41. The third-order valence-corrected chi connectivity index (χ3v) is 5.36. The SMILES string of the molecule is CC(=O)c1cc([N+](=O)[O-])c(Sc2cccs2)s1. The van der Waals surface area contributed by atoms with Gasteiger partial charge in [0, 0.05) is 6.07 Å². The van der Waals surface area contributed by atoms with E-state index in [0.29, 0.717) is 9.09 Å². The predicted octanol–water partition coefficient (Wildman–Crippen LogP) is 4.07. The number of nitrogens with zero attached hydrogens (tertiary/aromatic N) is 1. The standard InChI is InChI=1S/C10H7NO3S3/c1-6(12)8-5-7(11(13)14)10(16-8)17-9-3-2-4-15-9/h2-5H,1H3. The average Bonchev–Trinajstić information content (AvgIpc) is 2.87. The van der Waals surface area contributed by atoms with Crippen LogP contribution >= 0.6 is 34.4 Å². The van der Waals surface area contributed by atoms with Crippen LogP contribution in [0.25, 0.3) is 0 Å². The second kappa shape index (κ2) is 4.99. The van der Waals surface area contributed by atoms with Gasteiger partial charge >= 0.3 is 0 Å². The Bertz CT molecular complexity index is 559. The molecule has 0 atom stereocenters. The Balaban J connectivity index is 2.37. The summed E-state index contributed by atoms with van der Waals surface area (Å²) < 4.78 is 1.53. The first-order chi connectivity index (χ1) is 8.08. The van der Waals surface area contributed by atoms with Gasteiger partial charge in [0.15, 0.2) is 5.78 Å². The molecule has 0 N–H and O–H groups in total. The average molecular weight is 285 g/mol. The Morgan fingerprint density at radius 2 is 2.29 bits per heavy atom. The molecule has 0 unspecified atom stereocenters. The quantitative estimate of drug-likeness (QED) is 0.482. The fourth-order valence-electron chi connectivity index (χ4n) is 1.15. The molecular formula is C10H7NO3S3. The Kier molecular flexibility index (Phi) is 3.60. The molecule has 88 valence electrons. The van der Waals surface area contributed by atoms with Crippen LogP contribution in [-0.4, -0.2) is 10.7 Å². The van der Waals surface area contributed by atoms with Crippen LogP contribution in [0.3, 0.4) is 0 Å². The first-order valence-electron chi connectivity index (χ1n) is 4.58. The van der Waals surface area contributed by atoms with Crippen LogP contribution in [0, 0.1) is 10.1 Å². The minimum Gasteiger partial charge on any atom is -0.294 e. The van der Waals surface area contributed by atoms with Crippen LogP contribution in [0.5, 0.6) is 0 Å². The molecular weight excluding hydrogens is 278 g/mol. The van der Waals surface area contributed by atoms with Gasteiger partial charge in [-0.05, 0) is 18.4 Å². The molecule has 0 fully saturated rings. The number of thiophene rings is 2. The molecule has 0 aromatic carbocycles. The van der Waals surface area contributed by atoms with E-state index in [9.17, 15) is 14.9 Å². The molecule has 2 aromatic rings. The van der Waals surface area contributed by atoms with Gasteiger partial charge in [-0.2, -0.15) is 0 Å². The molecule has 0 saturated heterocycles. The molecule has 2 rings (SSSR count). The van der Waals surface area contributed by atoms with Gasteiger partial charge < -0.3 is 0 Å². The van der Waals surface area contributed by atoms with Crippen molar-refractivity contribution in [3.8, 4) is 0 Å². The van der Waals surface area contributed by atoms with E-state index in [-0.39, 0.29) is 11.5 Å². The van der Waals surface area contributed by atoms with Gasteiger partial charge in [0.25, 0.3) is 5.69 Å². The van der Waals surface area contributed by atoms with Crippen LogP contribution in [0.2, 0.25) is 0 Å². The van der Waals surface area contributed by atoms with Crippen molar-refractivity contribution in [1.29, 1.82) is 0 Å². The summed E-state index contributed by atoms with van der Waals surface area (Å²) in [4.78, 5) is 22.1. The summed E-state index contributed by atoms with van der Waals surface area (Å²) in [5, 5.41) is 12.8. The topological polar surface area (TPSA) is 60.2 Å². The molecule has 0 aliphatic rings. The van der Waals surface area contributed by atoms with Crippen molar-refractivity contribution in [1.82, 2.24) is 0 Å². The van der Waals surface area contributed by atoms with Crippen molar-refractivity contribution in [2.24, 2.45) is 0 Å². The van der Waals surface area contributed by atoms with E-state index in [1.54, 1.807) is 0 Å². The third kappa shape index (κ3) is 2.74. The number of hydrogen-bond donors (Lipinski definition) is 0. The zero-order chi connectivity index (χ0) is 12.4. The number of carbonyl (C=O) groups excluding carboxylic acids is 1. The normalized spacial score (nSPS) is 10.4. The van der Waals surface area contributed by atoms with Crippen molar-refractivity contribution in [2.75, 3.05) is 0 Å². The maximum atomic E-state index is 11.2. The second-order valence-electron chi connectivity index (χ2n) is 3.13. The summed E-state index contributed by atoms with van der Waals surface area (Å²) in [6.07, 6.45) is 0. The Hall–Kier alpha value is -1.18. The summed E-state index contributed by atoms with van der Waals surface area (Å²) in [5.41, 5.74) is 0.0126. The number of carbonyl (C=O) groups is 1. The van der Waals surface area contributed by atoms with Crippen LogP contribution in [0.15, 0.2) is 32.0 Å². The minimum atomic E-state index is -0.446. The highest BCUT2D eigenvalue weighted by Gasteiger charge is 2.21. The zero-order valence-electron chi connectivity index (χ0n) is 8.71. The Morgan fingerprint density at radius 3 is 2.82 bits per heavy atom. The lowest BCUT2D eigenvalue weighted by atomic mass is 10.3. The fraction of sp³-hybridized carbons (Fsp3) is 0.100. The van der Waals surface area contributed by atoms with Crippen molar-refractivity contribution in [2.45, 2.75) is 15.3 Å². The molecule has 0 spiro atoms. The first-order valence-corrected chi connectivity index (χ1v) is 7.09. The number of ketones is 1. The third-order valence-electron chi connectivity index (χ3n) is 1.91. The molecule has 0 saturated carbocycles. The highest BCUT2D eigenvalue weighted by atomic mass is 32.2. The minimum absolute atomic E-state index is 0.0126. The van der Waals surface area contributed by atoms with Gasteiger partial charge in [-0.25, -0.2) is 0 Å². The molecule has 7 heteroatoms. The molecule has 0 bridgehead atoms.